The molecule has 1 saturated carbocycles. The van der Waals surface area contributed by atoms with Crippen molar-refractivity contribution in [2.75, 3.05) is 0 Å². The maximum Gasteiger partial charge on any atom is 0.191 e. The molecule has 0 bridgehead atoms. The molecular weight excluding hydrogens is 358 g/mol. The molecule has 0 radical (unpaired) electrons. The minimum Gasteiger partial charge on any atom is -0.479 e. The second-order valence-corrected chi connectivity index (χ2v) is 7.35. The highest BCUT2D eigenvalue weighted by Crippen LogP contribution is 2.40. The Morgan fingerprint density at radius 1 is 1.15 bits per heavy atom. The lowest BCUT2D eigenvalue weighted by Crippen LogP contribution is -2.13. The van der Waals surface area contributed by atoms with E-state index in [0.717, 1.165) is 23.4 Å². The fourth-order valence-corrected chi connectivity index (χ4v) is 3.98. The van der Waals surface area contributed by atoms with Gasteiger partial charge in [-0.05, 0) is 36.6 Å². The molecule has 0 atom stereocenters. The van der Waals surface area contributed by atoms with E-state index in [2.05, 4.69) is 10.1 Å². The first-order valence-electron chi connectivity index (χ1n) is 8.34. The lowest BCUT2D eigenvalue weighted by Gasteiger charge is -2.25. The zero-order valence-electron chi connectivity index (χ0n) is 13.8. The lowest BCUT2D eigenvalue weighted by molar-refractivity contribution is 0.230. The van der Waals surface area contributed by atoms with Gasteiger partial charge in [-0.3, -0.25) is 0 Å². The number of thioether (sulfide) groups is 1. The van der Waals surface area contributed by atoms with Crippen molar-refractivity contribution in [1.82, 2.24) is 10.1 Å². The number of nitrogens with zero attached hydrogens (tertiary/aromatic N) is 2. The monoisotopic (exact) mass is 374 g/mol. The summed E-state index contributed by atoms with van der Waals surface area (Å²) in [5.41, 5.74) is 1.17. The molecule has 7 heteroatoms. The van der Waals surface area contributed by atoms with E-state index in [0.29, 0.717) is 16.6 Å². The van der Waals surface area contributed by atoms with Gasteiger partial charge in [0.1, 0.15) is 11.6 Å². The summed E-state index contributed by atoms with van der Waals surface area (Å²) < 4.78 is 39.0. The molecule has 1 aromatic carbocycles. The van der Waals surface area contributed by atoms with Crippen LogP contribution in [0.4, 0.5) is 8.78 Å². The third-order valence-electron chi connectivity index (χ3n) is 4.26. The zero-order valence-corrected chi connectivity index (χ0v) is 14.6. The topological polar surface area (TPSA) is 48.2 Å². The first-order valence-corrected chi connectivity index (χ1v) is 9.22. The van der Waals surface area contributed by atoms with Crippen LogP contribution in [0.5, 0.6) is 5.75 Å². The number of ether oxygens (including phenoxy) is 1. The van der Waals surface area contributed by atoms with Crippen molar-refractivity contribution in [2.45, 2.75) is 36.1 Å². The van der Waals surface area contributed by atoms with Crippen LogP contribution in [0.1, 0.15) is 25.0 Å². The van der Waals surface area contributed by atoms with E-state index >= 15 is 0 Å². The van der Waals surface area contributed by atoms with Gasteiger partial charge in [-0.1, -0.05) is 17.6 Å². The highest BCUT2D eigenvalue weighted by Gasteiger charge is 2.22. The van der Waals surface area contributed by atoms with Crippen LogP contribution < -0.4 is 4.74 Å². The van der Waals surface area contributed by atoms with Crippen molar-refractivity contribution in [3.63, 3.8) is 0 Å². The van der Waals surface area contributed by atoms with Gasteiger partial charge in [0.2, 0.25) is 0 Å². The Morgan fingerprint density at radius 3 is 2.62 bits per heavy atom. The van der Waals surface area contributed by atoms with Gasteiger partial charge in [0.15, 0.2) is 23.1 Å². The number of hydrogen-bond donors (Lipinski definition) is 0. The van der Waals surface area contributed by atoms with Gasteiger partial charge in [-0.15, -0.1) is 11.8 Å². The molecular formula is C19H16F2N2O2S. The van der Waals surface area contributed by atoms with Crippen LogP contribution in [-0.2, 0) is 6.61 Å². The first kappa shape index (κ1) is 17.0. The van der Waals surface area contributed by atoms with E-state index in [1.165, 1.54) is 24.8 Å². The van der Waals surface area contributed by atoms with E-state index in [9.17, 15) is 8.78 Å². The van der Waals surface area contributed by atoms with Gasteiger partial charge in [-0.25, -0.2) is 13.8 Å². The van der Waals surface area contributed by atoms with Crippen LogP contribution in [-0.4, -0.2) is 15.4 Å². The van der Waals surface area contributed by atoms with E-state index < -0.39 is 17.4 Å². The van der Waals surface area contributed by atoms with Gasteiger partial charge in [0.25, 0.3) is 0 Å². The van der Waals surface area contributed by atoms with Crippen molar-refractivity contribution in [2.24, 2.45) is 0 Å². The minimum atomic E-state index is -0.761. The van der Waals surface area contributed by atoms with Gasteiger partial charge in [-0.2, -0.15) is 0 Å². The third kappa shape index (κ3) is 3.58. The average molecular weight is 374 g/mol. The Labute approximate surface area is 153 Å². The summed E-state index contributed by atoms with van der Waals surface area (Å²) in [6.45, 7) is -0.0944. The van der Waals surface area contributed by atoms with Crippen LogP contribution in [0.25, 0.3) is 11.1 Å². The maximum atomic E-state index is 14.5. The van der Waals surface area contributed by atoms with E-state index in [-0.39, 0.29) is 6.61 Å². The number of benzene rings is 1. The minimum absolute atomic E-state index is 0.0944. The van der Waals surface area contributed by atoms with Crippen LogP contribution in [0.2, 0.25) is 0 Å². The van der Waals surface area contributed by atoms with Gasteiger partial charge >= 0.3 is 0 Å². The standard InChI is InChI=1S/C19H16F2N2O2S/c20-16-9-12(10-17(21)18(16)24-11-13-6-8-23-25-13)15-5-2-7-22-19(15)26-14-3-1-4-14/h2,5-10,14H,1,3-4,11H2. The molecule has 0 aliphatic heterocycles. The summed E-state index contributed by atoms with van der Waals surface area (Å²) in [5, 5.41) is 4.85. The molecule has 0 saturated heterocycles. The van der Waals surface area contributed by atoms with Crippen molar-refractivity contribution >= 4 is 11.8 Å². The number of pyridine rings is 1. The highest BCUT2D eigenvalue weighted by molar-refractivity contribution is 8.00. The number of halogens is 2. The Bertz CT molecular complexity index is 875. The molecule has 0 amide bonds. The van der Waals surface area contributed by atoms with Crippen LogP contribution in [0.15, 0.2) is 52.3 Å². The molecule has 1 aliphatic rings. The Morgan fingerprint density at radius 2 is 1.96 bits per heavy atom. The molecule has 134 valence electrons. The van der Waals surface area contributed by atoms with Gasteiger partial charge in [0.05, 0.1) is 6.20 Å². The smallest absolute Gasteiger partial charge is 0.191 e. The Hall–Kier alpha value is -2.41. The lowest BCUT2D eigenvalue weighted by atomic mass is 10.00. The Balaban J connectivity index is 1.59. The number of hydrogen-bond acceptors (Lipinski definition) is 5. The first-order chi connectivity index (χ1) is 12.7. The molecule has 0 spiro atoms. The summed E-state index contributed by atoms with van der Waals surface area (Å²) in [6, 6.07) is 7.73. The summed E-state index contributed by atoms with van der Waals surface area (Å²) in [5.74, 6) is -1.56. The van der Waals surface area contributed by atoms with Crippen LogP contribution >= 0.6 is 11.8 Å². The molecule has 2 aromatic heterocycles. The molecule has 26 heavy (non-hydrogen) atoms. The molecule has 1 fully saturated rings. The summed E-state index contributed by atoms with van der Waals surface area (Å²) >= 11 is 1.67. The van der Waals surface area contributed by atoms with Gasteiger partial charge in [0, 0.05) is 23.1 Å². The second-order valence-electron chi connectivity index (χ2n) is 6.06. The average Bonchev–Trinajstić information content (AvgIpc) is 3.11. The number of rotatable bonds is 6. The molecule has 2 heterocycles. The fourth-order valence-electron chi connectivity index (χ4n) is 2.66. The molecule has 3 aromatic rings. The normalized spacial score (nSPS) is 14.2. The van der Waals surface area contributed by atoms with E-state index in [4.69, 9.17) is 9.26 Å². The third-order valence-corrected chi connectivity index (χ3v) is 5.61. The van der Waals surface area contributed by atoms with Crippen molar-refractivity contribution in [3.8, 4) is 16.9 Å². The predicted molar refractivity (Wildman–Crippen MR) is 93.9 cm³/mol. The SMILES string of the molecule is Fc1cc(-c2cccnc2SC2CCC2)cc(F)c1OCc1ccno1. The molecule has 0 unspecified atom stereocenters. The number of aromatic nitrogens is 2. The predicted octanol–water partition coefficient (Wildman–Crippen LogP) is 5.24. The molecule has 1 aliphatic carbocycles. The van der Waals surface area contributed by atoms with Crippen molar-refractivity contribution in [3.05, 3.63) is 60.1 Å². The highest BCUT2D eigenvalue weighted by atomic mass is 32.2. The van der Waals surface area contributed by atoms with Crippen molar-refractivity contribution in [1.29, 1.82) is 0 Å². The van der Waals surface area contributed by atoms with E-state index in [1.54, 1.807) is 30.1 Å². The quantitative estimate of drug-likeness (QED) is 0.591. The zero-order chi connectivity index (χ0) is 17.9. The summed E-state index contributed by atoms with van der Waals surface area (Å²) in [7, 11) is 0. The van der Waals surface area contributed by atoms with Crippen molar-refractivity contribution < 1.29 is 18.0 Å². The summed E-state index contributed by atoms with van der Waals surface area (Å²) in [6.07, 6.45) is 6.67. The largest absolute Gasteiger partial charge is 0.479 e. The Kier molecular flexibility index (Phi) is 4.88. The van der Waals surface area contributed by atoms with Crippen LogP contribution in [0.3, 0.4) is 0 Å². The maximum absolute atomic E-state index is 14.5. The van der Waals surface area contributed by atoms with Gasteiger partial charge < -0.3 is 9.26 Å². The van der Waals surface area contributed by atoms with E-state index in [1.807, 2.05) is 6.07 Å². The second kappa shape index (κ2) is 7.45. The van der Waals surface area contributed by atoms with Crippen LogP contribution in [0, 0.1) is 11.6 Å². The fraction of sp³-hybridized carbons (Fsp3) is 0.263. The molecule has 4 rings (SSSR count). The molecule has 4 nitrogen and oxygen atoms in total. The molecule has 0 N–H and O–H groups in total. The summed E-state index contributed by atoms with van der Waals surface area (Å²) in [4.78, 5) is 4.40.